The van der Waals surface area contributed by atoms with Gasteiger partial charge in [0.1, 0.15) is 5.82 Å². The summed E-state index contributed by atoms with van der Waals surface area (Å²) in [5, 5.41) is 0.287. The van der Waals surface area contributed by atoms with Gasteiger partial charge < -0.3 is 10.6 Å². The number of ketones is 1. The number of pyridine rings is 2. The second-order valence-corrected chi connectivity index (χ2v) is 10.2. The van der Waals surface area contributed by atoms with Crippen LogP contribution in [0, 0.1) is 18.7 Å². The van der Waals surface area contributed by atoms with Crippen molar-refractivity contribution >= 4 is 28.2 Å². The fraction of sp³-hybridized carbons (Fsp3) is 0.345. The molecule has 5 rings (SSSR count). The van der Waals surface area contributed by atoms with Crippen LogP contribution in [0.4, 0.5) is 15.9 Å². The van der Waals surface area contributed by atoms with Gasteiger partial charge in [0.2, 0.25) is 0 Å². The second kappa shape index (κ2) is 10.3. The number of carbonyl (C=O) groups is 1. The highest BCUT2D eigenvalue weighted by Crippen LogP contribution is 2.37. The number of halogens is 1. The molecule has 3 atom stereocenters. The molecule has 1 aliphatic carbocycles. The van der Waals surface area contributed by atoms with E-state index in [0.717, 1.165) is 36.1 Å². The molecule has 0 aliphatic heterocycles. The van der Waals surface area contributed by atoms with Gasteiger partial charge in [-0.3, -0.25) is 19.7 Å². The zero-order valence-corrected chi connectivity index (χ0v) is 21.4. The number of hydrogen-bond acceptors (Lipinski definition) is 7. The van der Waals surface area contributed by atoms with Crippen molar-refractivity contribution in [2.75, 3.05) is 11.9 Å². The van der Waals surface area contributed by atoms with E-state index in [1.54, 1.807) is 42.0 Å². The third kappa shape index (κ3) is 5.06. The maximum absolute atomic E-state index is 14.9. The van der Waals surface area contributed by atoms with Gasteiger partial charge in [0.05, 0.1) is 23.1 Å². The van der Waals surface area contributed by atoms with Crippen LogP contribution in [0.1, 0.15) is 59.3 Å². The molecule has 8 heteroatoms. The molecule has 1 aliphatic rings. The molecule has 0 radical (unpaired) electrons. The molecule has 3 aromatic heterocycles. The molecular weight excluding hydrogens is 467 g/mol. The van der Waals surface area contributed by atoms with Crippen molar-refractivity contribution in [2.24, 2.45) is 11.7 Å². The number of carbonyl (C=O) groups excluding carboxylic acids is 1. The Morgan fingerprint density at radius 2 is 1.89 bits per heavy atom. The molecule has 37 heavy (non-hydrogen) atoms. The maximum atomic E-state index is 14.9. The van der Waals surface area contributed by atoms with Crippen LogP contribution in [0.5, 0.6) is 0 Å². The summed E-state index contributed by atoms with van der Waals surface area (Å²) in [5.74, 6) is 0.935. The number of benzene rings is 1. The smallest absolute Gasteiger partial charge is 0.169 e. The van der Waals surface area contributed by atoms with E-state index in [1.807, 2.05) is 20.0 Å². The largest absolute Gasteiger partial charge is 0.328 e. The highest BCUT2D eigenvalue weighted by Gasteiger charge is 2.28. The topological polar surface area (TPSA) is 97.9 Å². The summed E-state index contributed by atoms with van der Waals surface area (Å²) in [6, 6.07) is 6.73. The maximum Gasteiger partial charge on any atom is 0.169 e. The van der Waals surface area contributed by atoms with E-state index in [4.69, 9.17) is 5.73 Å². The molecule has 0 bridgehead atoms. The molecule has 0 amide bonds. The van der Waals surface area contributed by atoms with Gasteiger partial charge in [-0.2, -0.15) is 0 Å². The number of hydrogen-bond donors (Lipinski definition) is 1. The van der Waals surface area contributed by atoms with Gasteiger partial charge in [-0.15, -0.1) is 0 Å². The monoisotopic (exact) mass is 498 g/mol. The summed E-state index contributed by atoms with van der Waals surface area (Å²) in [6.45, 7) is 4.09. The first-order valence-electron chi connectivity index (χ1n) is 12.6. The molecule has 1 saturated carbocycles. The minimum atomic E-state index is -0.433. The second-order valence-electron chi connectivity index (χ2n) is 10.2. The Balaban J connectivity index is 1.46. The van der Waals surface area contributed by atoms with Crippen molar-refractivity contribution in [3.05, 3.63) is 83.5 Å². The predicted octanol–water partition coefficient (Wildman–Crippen LogP) is 5.29. The van der Waals surface area contributed by atoms with Gasteiger partial charge in [0, 0.05) is 55.2 Å². The summed E-state index contributed by atoms with van der Waals surface area (Å²) < 4.78 is 14.9. The van der Waals surface area contributed by atoms with Crippen LogP contribution >= 0.6 is 0 Å². The Bertz CT molecular complexity index is 1450. The summed E-state index contributed by atoms with van der Waals surface area (Å²) in [5.41, 5.74) is 10.5. The minimum absolute atomic E-state index is 0.120. The van der Waals surface area contributed by atoms with E-state index in [0.29, 0.717) is 34.4 Å². The van der Waals surface area contributed by atoms with E-state index in [9.17, 15) is 9.18 Å². The fourth-order valence-corrected chi connectivity index (χ4v) is 5.60. The van der Waals surface area contributed by atoms with Crippen LogP contribution in [-0.2, 0) is 6.42 Å². The van der Waals surface area contributed by atoms with Gasteiger partial charge in [-0.1, -0.05) is 6.92 Å². The average Bonchev–Trinajstić information content (AvgIpc) is 2.88. The van der Waals surface area contributed by atoms with Gasteiger partial charge >= 0.3 is 0 Å². The van der Waals surface area contributed by atoms with Gasteiger partial charge in [0.15, 0.2) is 11.6 Å². The quantitative estimate of drug-likeness (QED) is 0.361. The Morgan fingerprint density at radius 1 is 1.08 bits per heavy atom. The van der Waals surface area contributed by atoms with Gasteiger partial charge in [0.25, 0.3) is 0 Å². The lowest BCUT2D eigenvalue weighted by Crippen LogP contribution is -2.31. The molecule has 0 saturated heterocycles. The Labute approximate surface area is 216 Å². The summed E-state index contributed by atoms with van der Waals surface area (Å²) >= 11 is 0. The van der Waals surface area contributed by atoms with E-state index < -0.39 is 5.82 Å². The van der Waals surface area contributed by atoms with Crippen molar-refractivity contribution in [3.63, 3.8) is 0 Å². The van der Waals surface area contributed by atoms with E-state index in [2.05, 4.69) is 26.9 Å². The number of Topliss-reactive ketones (excluding diaryl/α,β-unsaturated/α-hetero) is 1. The standard InChI is InChI=1S/C29H31FN6O/c1-17-10-19(12-21(31)11-17)23-6-7-32-15-20(23)13-27(37)24-4-5-26(30)25-14-22(16-35-28(24)25)36(3)29-18(2)33-8-9-34-29/h4-9,14-17,19,21H,10-13,31H2,1-3H3/t17-,19+,21-/m0/s1. The van der Waals surface area contributed by atoms with Crippen molar-refractivity contribution in [2.45, 2.75) is 51.5 Å². The molecule has 0 unspecified atom stereocenters. The molecule has 1 aromatic carbocycles. The molecule has 3 heterocycles. The average molecular weight is 499 g/mol. The minimum Gasteiger partial charge on any atom is -0.328 e. The van der Waals surface area contributed by atoms with E-state index >= 15 is 0 Å². The number of rotatable bonds is 6. The van der Waals surface area contributed by atoms with Crippen LogP contribution in [0.2, 0.25) is 0 Å². The number of nitrogens with zero attached hydrogens (tertiary/aromatic N) is 5. The summed E-state index contributed by atoms with van der Waals surface area (Å²) in [4.78, 5) is 32.8. The third-order valence-electron chi connectivity index (χ3n) is 7.35. The molecule has 4 aromatic rings. The first kappa shape index (κ1) is 24.9. The Hall–Kier alpha value is -3.78. The summed E-state index contributed by atoms with van der Waals surface area (Å²) in [6.07, 6.45) is 11.6. The van der Waals surface area contributed by atoms with Gasteiger partial charge in [-0.05, 0) is 73.4 Å². The first-order valence-corrected chi connectivity index (χ1v) is 12.6. The van der Waals surface area contributed by atoms with Crippen molar-refractivity contribution in [1.82, 2.24) is 19.9 Å². The zero-order chi connectivity index (χ0) is 26.1. The normalized spacial score (nSPS) is 19.6. The Kier molecular flexibility index (Phi) is 6.93. The highest BCUT2D eigenvalue weighted by molar-refractivity contribution is 6.08. The predicted molar refractivity (Wildman–Crippen MR) is 143 cm³/mol. The highest BCUT2D eigenvalue weighted by atomic mass is 19.1. The van der Waals surface area contributed by atoms with Crippen molar-refractivity contribution in [3.8, 4) is 0 Å². The zero-order valence-electron chi connectivity index (χ0n) is 21.4. The molecule has 2 N–H and O–H groups in total. The van der Waals surface area contributed by atoms with Crippen LogP contribution < -0.4 is 10.6 Å². The number of fused-ring (bicyclic) bond motifs is 1. The molecule has 7 nitrogen and oxygen atoms in total. The van der Waals surface area contributed by atoms with Crippen molar-refractivity contribution < 1.29 is 9.18 Å². The lowest BCUT2D eigenvalue weighted by molar-refractivity contribution is 0.0994. The summed E-state index contributed by atoms with van der Waals surface area (Å²) in [7, 11) is 1.83. The van der Waals surface area contributed by atoms with Crippen LogP contribution in [0.3, 0.4) is 0 Å². The van der Waals surface area contributed by atoms with Crippen LogP contribution in [-0.4, -0.2) is 38.8 Å². The van der Waals surface area contributed by atoms with Crippen molar-refractivity contribution in [1.29, 1.82) is 0 Å². The number of nitrogens with two attached hydrogens (primary N) is 1. The lowest BCUT2D eigenvalue weighted by atomic mass is 9.75. The van der Waals surface area contributed by atoms with Crippen LogP contribution in [0.25, 0.3) is 10.9 Å². The molecular formula is C29H31FN6O. The number of aromatic nitrogens is 4. The van der Waals surface area contributed by atoms with E-state index in [1.165, 1.54) is 12.1 Å². The third-order valence-corrected chi connectivity index (χ3v) is 7.35. The SMILES string of the molecule is Cc1nccnc1N(C)c1cnc2c(C(=O)Cc3cnccc3[C@@H]3C[C@H](C)C[C@H](N)C3)ccc(F)c2c1. The fourth-order valence-electron chi connectivity index (χ4n) is 5.60. The Morgan fingerprint density at radius 3 is 2.68 bits per heavy atom. The molecule has 0 spiro atoms. The molecule has 1 fully saturated rings. The van der Waals surface area contributed by atoms with Gasteiger partial charge in [-0.25, -0.2) is 9.37 Å². The number of aryl methyl sites for hydroxylation is 1. The van der Waals surface area contributed by atoms with E-state index in [-0.39, 0.29) is 23.6 Å². The molecule has 190 valence electrons. The van der Waals surface area contributed by atoms with Crippen LogP contribution in [0.15, 0.2) is 55.2 Å². The number of anilines is 2. The first-order chi connectivity index (χ1) is 17.8. The lowest BCUT2D eigenvalue weighted by Gasteiger charge is -2.32.